The van der Waals surface area contributed by atoms with Gasteiger partial charge in [-0.25, -0.2) is 17.5 Å². The molecule has 0 amide bonds. The molecule has 2 N–H and O–H groups in total. The van der Waals surface area contributed by atoms with Crippen LogP contribution in [0.3, 0.4) is 0 Å². The van der Waals surface area contributed by atoms with E-state index in [-0.39, 0.29) is 23.4 Å². The van der Waals surface area contributed by atoms with Gasteiger partial charge in [-0.15, -0.1) is 0 Å². The molecule has 0 aliphatic carbocycles. The van der Waals surface area contributed by atoms with Crippen molar-refractivity contribution in [1.29, 1.82) is 0 Å². The van der Waals surface area contributed by atoms with Gasteiger partial charge in [0, 0.05) is 11.6 Å². The zero-order chi connectivity index (χ0) is 15.2. The number of hydrogen-bond acceptors (Lipinski definition) is 4. The van der Waals surface area contributed by atoms with E-state index >= 15 is 0 Å². The van der Waals surface area contributed by atoms with Crippen LogP contribution in [0.1, 0.15) is 18.0 Å². The van der Waals surface area contributed by atoms with E-state index in [2.05, 4.69) is 5.10 Å². The Labute approximate surface area is 122 Å². The Morgan fingerprint density at radius 3 is 2.76 bits per heavy atom. The predicted molar refractivity (Wildman–Crippen MR) is 79.1 cm³/mol. The highest BCUT2D eigenvalue weighted by Gasteiger charge is 2.31. The molecule has 1 aliphatic heterocycles. The Kier molecular flexibility index (Phi) is 3.24. The van der Waals surface area contributed by atoms with Crippen molar-refractivity contribution in [2.24, 2.45) is 0 Å². The molecule has 0 bridgehead atoms. The topological polar surface area (TPSA) is 78.0 Å². The molecule has 1 atom stereocenters. The molecule has 3 rings (SSSR count). The minimum absolute atomic E-state index is 0.0364. The Hall–Kier alpha value is -1.89. The molecule has 5 nitrogen and oxygen atoms in total. The molecular weight excluding hydrogens is 293 g/mol. The smallest absolute Gasteiger partial charge is 0.152 e. The fourth-order valence-electron chi connectivity index (χ4n) is 2.63. The van der Waals surface area contributed by atoms with E-state index < -0.39 is 9.84 Å². The average molecular weight is 309 g/mol. The lowest BCUT2D eigenvalue weighted by Crippen LogP contribution is -2.14. The third-order valence-electron chi connectivity index (χ3n) is 3.72. The quantitative estimate of drug-likeness (QED) is 0.919. The summed E-state index contributed by atoms with van der Waals surface area (Å²) in [4.78, 5) is 0. The summed E-state index contributed by atoms with van der Waals surface area (Å²) < 4.78 is 38.6. The normalized spacial score (nSPS) is 20.8. The molecule has 2 heterocycles. The lowest BCUT2D eigenvalue weighted by molar-refractivity contribution is 0.507. The molecule has 1 aliphatic rings. The second kappa shape index (κ2) is 4.84. The zero-order valence-corrected chi connectivity index (χ0v) is 12.4. The van der Waals surface area contributed by atoms with E-state index in [4.69, 9.17) is 5.73 Å². The van der Waals surface area contributed by atoms with Crippen LogP contribution in [0.15, 0.2) is 24.3 Å². The SMILES string of the molecule is Cc1ccc(-c2cc(N)n(C3CCS(=O)(=O)C3)n2)c(F)c1. The maximum Gasteiger partial charge on any atom is 0.152 e. The average Bonchev–Trinajstić information content (AvgIpc) is 2.92. The molecule has 0 radical (unpaired) electrons. The van der Waals surface area contributed by atoms with Gasteiger partial charge < -0.3 is 5.73 Å². The summed E-state index contributed by atoms with van der Waals surface area (Å²) in [7, 11) is -3.02. The summed E-state index contributed by atoms with van der Waals surface area (Å²) >= 11 is 0. The van der Waals surface area contributed by atoms with Gasteiger partial charge in [-0.1, -0.05) is 6.07 Å². The predicted octanol–water partition coefficient (Wildman–Crippen LogP) is 1.94. The van der Waals surface area contributed by atoms with Gasteiger partial charge in [0.1, 0.15) is 11.6 Å². The second-order valence-electron chi connectivity index (χ2n) is 5.44. The number of sulfone groups is 1. The van der Waals surface area contributed by atoms with E-state index in [1.807, 2.05) is 6.92 Å². The van der Waals surface area contributed by atoms with E-state index in [1.165, 1.54) is 10.7 Å². The van der Waals surface area contributed by atoms with Gasteiger partial charge in [0.15, 0.2) is 9.84 Å². The van der Waals surface area contributed by atoms with Crippen molar-refractivity contribution in [3.05, 3.63) is 35.6 Å². The lowest BCUT2D eigenvalue weighted by Gasteiger charge is -2.10. The minimum atomic E-state index is -3.02. The molecule has 1 fully saturated rings. The third-order valence-corrected chi connectivity index (χ3v) is 5.47. The Morgan fingerprint density at radius 1 is 1.38 bits per heavy atom. The summed E-state index contributed by atoms with van der Waals surface area (Å²) in [6, 6.07) is 6.20. The molecule has 1 aromatic carbocycles. The number of benzene rings is 1. The Bertz CT molecular complexity index is 799. The number of hydrogen-bond donors (Lipinski definition) is 1. The first-order valence-electron chi connectivity index (χ1n) is 6.68. The number of nitrogens with zero attached hydrogens (tertiary/aromatic N) is 2. The van der Waals surface area contributed by atoms with Crippen molar-refractivity contribution in [3.8, 4) is 11.3 Å². The summed E-state index contributed by atoms with van der Waals surface area (Å²) in [5.41, 5.74) is 7.53. The van der Waals surface area contributed by atoms with Gasteiger partial charge in [0.25, 0.3) is 0 Å². The number of nitrogen functional groups attached to an aromatic ring is 1. The van der Waals surface area contributed by atoms with Gasteiger partial charge in [0.05, 0.1) is 23.2 Å². The fraction of sp³-hybridized carbons (Fsp3) is 0.357. The van der Waals surface area contributed by atoms with Crippen molar-refractivity contribution in [3.63, 3.8) is 0 Å². The summed E-state index contributed by atoms with van der Waals surface area (Å²) in [5.74, 6) is 0.172. The van der Waals surface area contributed by atoms with Crippen LogP contribution in [-0.4, -0.2) is 29.7 Å². The number of rotatable bonds is 2. The summed E-state index contributed by atoms with van der Waals surface area (Å²) in [5, 5.41) is 4.31. The lowest BCUT2D eigenvalue weighted by atomic mass is 10.1. The van der Waals surface area contributed by atoms with Crippen LogP contribution in [0, 0.1) is 12.7 Å². The first-order valence-corrected chi connectivity index (χ1v) is 8.50. The monoisotopic (exact) mass is 309 g/mol. The molecule has 0 spiro atoms. The second-order valence-corrected chi connectivity index (χ2v) is 7.67. The zero-order valence-electron chi connectivity index (χ0n) is 11.6. The van der Waals surface area contributed by atoms with Crippen molar-refractivity contribution in [2.75, 3.05) is 17.2 Å². The third kappa shape index (κ3) is 2.65. The summed E-state index contributed by atoms with van der Waals surface area (Å²) in [6.45, 7) is 1.81. The largest absolute Gasteiger partial charge is 0.384 e. The number of halogens is 1. The van der Waals surface area contributed by atoms with E-state index in [0.717, 1.165) is 5.56 Å². The van der Waals surface area contributed by atoms with Gasteiger partial charge in [0.2, 0.25) is 0 Å². The van der Waals surface area contributed by atoms with Crippen molar-refractivity contribution in [2.45, 2.75) is 19.4 Å². The van der Waals surface area contributed by atoms with Crippen LogP contribution in [0.2, 0.25) is 0 Å². The molecule has 21 heavy (non-hydrogen) atoms. The van der Waals surface area contributed by atoms with Gasteiger partial charge in [-0.3, -0.25) is 0 Å². The Morgan fingerprint density at radius 2 is 2.14 bits per heavy atom. The van der Waals surface area contributed by atoms with Crippen molar-refractivity contribution in [1.82, 2.24) is 9.78 Å². The minimum Gasteiger partial charge on any atom is -0.384 e. The van der Waals surface area contributed by atoms with Crippen molar-refractivity contribution < 1.29 is 12.8 Å². The number of aryl methyl sites for hydroxylation is 1. The first-order chi connectivity index (χ1) is 9.85. The highest BCUT2D eigenvalue weighted by Crippen LogP contribution is 2.30. The fourth-order valence-corrected chi connectivity index (χ4v) is 4.32. The van der Waals surface area contributed by atoms with E-state index in [0.29, 0.717) is 23.5 Å². The Balaban J connectivity index is 1.98. The maximum atomic E-state index is 14.0. The van der Waals surface area contributed by atoms with Crippen molar-refractivity contribution >= 4 is 15.7 Å². The molecule has 1 unspecified atom stereocenters. The highest BCUT2D eigenvalue weighted by molar-refractivity contribution is 7.91. The van der Waals surface area contributed by atoms with Crippen LogP contribution in [-0.2, 0) is 9.84 Å². The highest BCUT2D eigenvalue weighted by atomic mass is 32.2. The molecular formula is C14H16FN3O2S. The van der Waals surface area contributed by atoms with Crippen LogP contribution >= 0.6 is 0 Å². The standard InChI is InChI=1S/C14H16FN3O2S/c1-9-2-3-11(12(15)6-9)13-7-14(16)18(17-13)10-4-5-21(19,20)8-10/h2-3,6-7,10H,4-5,8,16H2,1H3. The van der Waals surface area contributed by atoms with Crippen LogP contribution in [0.5, 0.6) is 0 Å². The molecule has 2 aromatic rings. The molecule has 7 heteroatoms. The first kappa shape index (κ1) is 14.1. The van der Waals surface area contributed by atoms with Crippen LogP contribution < -0.4 is 5.73 Å². The molecule has 112 valence electrons. The van der Waals surface area contributed by atoms with E-state index in [9.17, 15) is 12.8 Å². The number of nitrogens with two attached hydrogens (primary N) is 1. The molecule has 0 saturated carbocycles. The molecule has 1 aromatic heterocycles. The van der Waals surface area contributed by atoms with Gasteiger partial charge in [-0.2, -0.15) is 5.10 Å². The summed E-state index contributed by atoms with van der Waals surface area (Å²) in [6.07, 6.45) is 0.490. The van der Waals surface area contributed by atoms with Crippen LogP contribution in [0.25, 0.3) is 11.3 Å². The van der Waals surface area contributed by atoms with Crippen LogP contribution in [0.4, 0.5) is 10.2 Å². The van der Waals surface area contributed by atoms with E-state index in [1.54, 1.807) is 18.2 Å². The van der Waals surface area contributed by atoms with Gasteiger partial charge >= 0.3 is 0 Å². The molecule has 1 saturated heterocycles. The number of anilines is 1. The maximum absolute atomic E-state index is 14.0. The number of aromatic nitrogens is 2. The van der Waals surface area contributed by atoms with Gasteiger partial charge in [-0.05, 0) is 31.0 Å².